The second-order valence-electron chi connectivity index (χ2n) is 5.76. The molecular weight excluding hydrogens is 309 g/mol. The van der Waals surface area contributed by atoms with E-state index in [0.29, 0.717) is 0 Å². The molecule has 0 spiro atoms. The van der Waals surface area contributed by atoms with E-state index in [1.54, 1.807) is 23.5 Å². The fourth-order valence-corrected chi connectivity index (χ4v) is 4.26. The lowest BCUT2D eigenvalue weighted by Gasteiger charge is -2.34. The molecule has 0 amide bonds. The molecule has 1 fully saturated rings. The lowest BCUT2D eigenvalue weighted by atomic mass is 10.0. The number of hydrogen-bond donors (Lipinski definition) is 1. The number of hydrogen-bond acceptors (Lipinski definition) is 4. The number of nitrogens with one attached hydrogen (secondary N) is 1. The largest absolute Gasteiger partial charge is 0.314 e. The Morgan fingerprint density at radius 3 is 2.70 bits per heavy atom. The van der Waals surface area contributed by atoms with Crippen molar-refractivity contribution in [3.05, 3.63) is 64.9 Å². The van der Waals surface area contributed by atoms with Crippen LogP contribution in [-0.2, 0) is 0 Å². The van der Waals surface area contributed by atoms with E-state index in [1.807, 2.05) is 24.3 Å². The summed E-state index contributed by atoms with van der Waals surface area (Å²) < 4.78 is 14.9. The van der Waals surface area contributed by atoms with E-state index in [1.165, 1.54) is 10.8 Å². The Balaban J connectivity index is 1.80. The molecular formula is C18H18FN3S. The third kappa shape index (κ3) is 3.00. The standard InChI is InChI=1S/C18H18FN3S/c19-14-5-3-4-13(12-14)17(22-10-8-20-9-11-22)18-21-15-6-1-2-7-16(15)23-18/h1-7,12,17,20H,8-11H2. The highest BCUT2D eigenvalue weighted by Gasteiger charge is 2.27. The maximum Gasteiger partial charge on any atom is 0.123 e. The van der Waals surface area contributed by atoms with E-state index in [2.05, 4.69) is 16.3 Å². The summed E-state index contributed by atoms with van der Waals surface area (Å²) in [7, 11) is 0. The number of piperazine rings is 1. The Morgan fingerprint density at radius 1 is 1.09 bits per heavy atom. The number of nitrogens with zero attached hydrogens (tertiary/aromatic N) is 2. The van der Waals surface area contributed by atoms with Crippen LogP contribution in [0.4, 0.5) is 4.39 Å². The van der Waals surface area contributed by atoms with Gasteiger partial charge in [-0.3, -0.25) is 4.90 Å². The van der Waals surface area contributed by atoms with E-state index in [9.17, 15) is 4.39 Å². The van der Waals surface area contributed by atoms with Gasteiger partial charge in [-0.15, -0.1) is 11.3 Å². The zero-order valence-electron chi connectivity index (χ0n) is 12.7. The number of fused-ring (bicyclic) bond motifs is 1. The fourth-order valence-electron chi connectivity index (χ4n) is 3.13. The molecule has 0 bridgehead atoms. The van der Waals surface area contributed by atoms with Crippen molar-refractivity contribution in [2.75, 3.05) is 26.2 Å². The summed E-state index contributed by atoms with van der Waals surface area (Å²) in [6.45, 7) is 3.79. The quantitative estimate of drug-likeness (QED) is 0.799. The first-order valence-electron chi connectivity index (χ1n) is 7.87. The second-order valence-corrected chi connectivity index (χ2v) is 6.83. The van der Waals surface area contributed by atoms with Crippen molar-refractivity contribution in [3.8, 4) is 0 Å². The van der Waals surface area contributed by atoms with E-state index >= 15 is 0 Å². The molecule has 0 aliphatic carbocycles. The molecule has 118 valence electrons. The molecule has 1 saturated heterocycles. The monoisotopic (exact) mass is 327 g/mol. The average Bonchev–Trinajstić information content (AvgIpc) is 2.99. The van der Waals surface area contributed by atoms with Crippen LogP contribution in [0.3, 0.4) is 0 Å². The van der Waals surface area contributed by atoms with Crippen LogP contribution in [0.15, 0.2) is 48.5 Å². The molecule has 1 N–H and O–H groups in total. The molecule has 3 aromatic rings. The minimum Gasteiger partial charge on any atom is -0.314 e. The zero-order valence-corrected chi connectivity index (χ0v) is 13.5. The SMILES string of the molecule is Fc1cccc(C(c2nc3ccccc3s2)N2CCNCC2)c1. The number of halogens is 1. The van der Waals surface area contributed by atoms with Crippen molar-refractivity contribution in [2.24, 2.45) is 0 Å². The average molecular weight is 327 g/mol. The summed E-state index contributed by atoms with van der Waals surface area (Å²) in [5.41, 5.74) is 2.00. The van der Waals surface area contributed by atoms with Crippen molar-refractivity contribution in [1.82, 2.24) is 15.2 Å². The molecule has 5 heteroatoms. The van der Waals surface area contributed by atoms with Gasteiger partial charge in [-0.25, -0.2) is 9.37 Å². The van der Waals surface area contributed by atoms with Gasteiger partial charge in [0, 0.05) is 26.2 Å². The number of benzene rings is 2. The first-order valence-corrected chi connectivity index (χ1v) is 8.68. The Morgan fingerprint density at radius 2 is 1.91 bits per heavy atom. The molecule has 2 heterocycles. The van der Waals surface area contributed by atoms with Gasteiger partial charge in [0.1, 0.15) is 10.8 Å². The van der Waals surface area contributed by atoms with Crippen molar-refractivity contribution in [1.29, 1.82) is 0 Å². The van der Waals surface area contributed by atoms with Gasteiger partial charge in [0.2, 0.25) is 0 Å². The summed E-state index contributed by atoms with van der Waals surface area (Å²) in [4.78, 5) is 7.22. The first kappa shape index (κ1) is 14.8. The Kier molecular flexibility index (Phi) is 4.08. The van der Waals surface area contributed by atoms with E-state index < -0.39 is 0 Å². The van der Waals surface area contributed by atoms with Crippen LogP contribution in [0.1, 0.15) is 16.6 Å². The van der Waals surface area contributed by atoms with E-state index in [4.69, 9.17) is 4.98 Å². The van der Waals surface area contributed by atoms with Crippen LogP contribution in [-0.4, -0.2) is 36.1 Å². The molecule has 23 heavy (non-hydrogen) atoms. The van der Waals surface area contributed by atoms with Crippen LogP contribution >= 0.6 is 11.3 Å². The summed E-state index contributed by atoms with van der Waals surface area (Å²) in [6.07, 6.45) is 0. The highest BCUT2D eigenvalue weighted by Crippen LogP contribution is 2.34. The van der Waals surface area contributed by atoms with Crippen molar-refractivity contribution >= 4 is 21.6 Å². The second kappa shape index (κ2) is 6.35. The highest BCUT2D eigenvalue weighted by molar-refractivity contribution is 7.18. The van der Waals surface area contributed by atoms with E-state index in [-0.39, 0.29) is 11.9 Å². The van der Waals surface area contributed by atoms with Crippen molar-refractivity contribution in [2.45, 2.75) is 6.04 Å². The fraction of sp³-hybridized carbons (Fsp3) is 0.278. The van der Waals surface area contributed by atoms with Crippen molar-refractivity contribution in [3.63, 3.8) is 0 Å². The molecule has 0 radical (unpaired) electrons. The predicted molar refractivity (Wildman–Crippen MR) is 92.3 cm³/mol. The van der Waals surface area contributed by atoms with Gasteiger partial charge in [0.25, 0.3) is 0 Å². The van der Waals surface area contributed by atoms with Crippen molar-refractivity contribution < 1.29 is 4.39 Å². The van der Waals surface area contributed by atoms with E-state index in [0.717, 1.165) is 42.3 Å². The summed E-state index contributed by atoms with van der Waals surface area (Å²) in [5, 5.41) is 4.42. The lowest BCUT2D eigenvalue weighted by Crippen LogP contribution is -2.45. The third-order valence-corrected chi connectivity index (χ3v) is 5.31. The molecule has 4 rings (SSSR count). The van der Waals surface area contributed by atoms with Crippen LogP contribution in [0.25, 0.3) is 10.2 Å². The predicted octanol–water partition coefficient (Wildman–Crippen LogP) is 3.43. The summed E-state index contributed by atoms with van der Waals surface area (Å²) >= 11 is 1.70. The van der Waals surface area contributed by atoms with Crippen LogP contribution in [0.5, 0.6) is 0 Å². The smallest absolute Gasteiger partial charge is 0.123 e. The lowest BCUT2D eigenvalue weighted by molar-refractivity contribution is 0.198. The van der Waals surface area contributed by atoms with Gasteiger partial charge >= 0.3 is 0 Å². The Bertz CT molecular complexity index is 778. The summed E-state index contributed by atoms with van der Waals surface area (Å²) in [5.74, 6) is -0.191. The highest BCUT2D eigenvalue weighted by atomic mass is 32.1. The topological polar surface area (TPSA) is 28.2 Å². The molecule has 0 saturated carbocycles. The van der Waals surface area contributed by atoms with Crippen LogP contribution < -0.4 is 5.32 Å². The Labute approximate surface area is 138 Å². The minimum atomic E-state index is -0.191. The molecule has 2 aromatic carbocycles. The number of thiazole rings is 1. The van der Waals surface area contributed by atoms with Gasteiger partial charge in [-0.05, 0) is 29.8 Å². The van der Waals surface area contributed by atoms with Crippen LogP contribution in [0.2, 0.25) is 0 Å². The number of para-hydroxylation sites is 1. The molecule has 3 nitrogen and oxygen atoms in total. The Hall–Kier alpha value is -1.82. The van der Waals surface area contributed by atoms with Gasteiger partial charge in [-0.2, -0.15) is 0 Å². The first-order chi connectivity index (χ1) is 11.3. The number of rotatable bonds is 3. The molecule has 1 aliphatic rings. The maximum absolute atomic E-state index is 13.8. The normalized spacial score (nSPS) is 17.4. The molecule has 1 unspecified atom stereocenters. The third-order valence-electron chi connectivity index (χ3n) is 4.23. The minimum absolute atomic E-state index is 0.0187. The molecule has 1 atom stereocenters. The number of aromatic nitrogens is 1. The molecule has 1 aromatic heterocycles. The summed E-state index contributed by atoms with van der Waals surface area (Å²) in [6, 6.07) is 15.1. The molecule has 1 aliphatic heterocycles. The van der Waals surface area contributed by atoms with Gasteiger partial charge < -0.3 is 5.32 Å². The van der Waals surface area contributed by atoms with Gasteiger partial charge in [0.15, 0.2) is 0 Å². The maximum atomic E-state index is 13.8. The van der Waals surface area contributed by atoms with Gasteiger partial charge in [-0.1, -0.05) is 24.3 Å². The zero-order chi connectivity index (χ0) is 15.6. The van der Waals surface area contributed by atoms with Gasteiger partial charge in [0.05, 0.1) is 16.3 Å². The van der Waals surface area contributed by atoms with Crippen LogP contribution in [0, 0.1) is 5.82 Å².